The minimum absolute atomic E-state index is 0.0867. The summed E-state index contributed by atoms with van der Waals surface area (Å²) in [4.78, 5) is 43.3. The number of aryl methyl sites for hydroxylation is 1. The number of halogens is 2. The van der Waals surface area contributed by atoms with Gasteiger partial charge in [-0.25, -0.2) is 14.6 Å². The Morgan fingerprint density at radius 1 is 1.06 bits per heavy atom. The molecular formula is C24H25Cl2N3O5. The first-order valence-electron chi connectivity index (χ1n) is 10.6. The van der Waals surface area contributed by atoms with Crippen LogP contribution in [0.4, 0.5) is 4.79 Å². The van der Waals surface area contributed by atoms with Crippen molar-refractivity contribution >= 4 is 46.2 Å². The lowest BCUT2D eigenvalue weighted by molar-refractivity contribution is -0.147. The van der Waals surface area contributed by atoms with Gasteiger partial charge in [-0.1, -0.05) is 29.3 Å². The zero-order valence-electron chi connectivity index (χ0n) is 19.0. The molecule has 0 fully saturated rings. The van der Waals surface area contributed by atoms with Crippen LogP contribution in [-0.4, -0.2) is 33.7 Å². The number of aromatic amines is 1. The molecule has 10 heteroatoms. The van der Waals surface area contributed by atoms with E-state index in [1.807, 2.05) is 12.1 Å². The van der Waals surface area contributed by atoms with Gasteiger partial charge in [-0.3, -0.25) is 4.79 Å². The van der Waals surface area contributed by atoms with E-state index in [0.717, 1.165) is 10.9 Å². The van der Waals surface area contributed by atoms with Gasteiger partial charge in [0.15, 0.2) is 0 Å². The Kier molecular flexibility index (Phi) is 8.17. The van der Waals surface area contributed by atoms with E-state index in [2.05, 4.69) is 15.3 Å². The molecule has 2 heterocycles. The standard InChI is InChI=1S/C24H25Cl2N3O5/c1-24(2,3)34-23(32)28-18(22(31)33-13-15-11-19(25)29-20(26)12-15)8-5-14-4-7-17-16(10-14)6-9-21(30)27-17/h4,6-7,9-12,18H,5,8,13H2,1-3H3,(H,27,30)(H,28,32)/t18-/m0/s1. The first-order chi connectivity index (χ1) is 16.0. The molecule has 34 heavy (non-hydrogen) atoms. The summed E-state index contributed by atoms with van der Waals surface area (Å²) in [5, 5.41) is 3.82. The summed E-state index contributed by atoms with van der Waals surface area (Å²) in [6.45, 7) is 5.11. The summed E-state index contributed by atoms with van der Waals surface area (Å²) in [6.07, 6.45) is 0.0167. The first kappa shape index (κ1) is 25.5. The number of H-pyrrole nitrogens is 1. The number of nitrogens with zero attached hydrogens (tertiary/aromatic N) is 1. The van der Waals surface area contributed by atoms with Crippen LogP contribution in [0.1, 0.15) is 38.3 Å². The maximum absolute atomic E-state index is 12.8. The third-order valence-corrected chi connectivity index (χ3v) is 5.08. The van der Waals surface area contributed by atoms with Gasteiger partial charge in [-0.05, 0) is 80.5 Å². The van der Waals surface area contributed by atoms with Gasteiger partial charge in [-0.2, -0.15) is 0 Å². The number of carbonyl (C=O) groups is 2. The largest absolute Gasteiger partial charge is 0.459 e. The lowest BCUT2D eigenvalue weighted by Gasteiger charge is -2.23. The van der Waals surface area contributed by atoms with Crippen molar-refractivity contribution in [2.75, 3.05) is 0 Å². The van der Waals surface area contributed by atoms with E-state index >= 15 is 0 Å². The number of hydrogen-bond acceptors (Lipinski definition) is 6. The number of hydrogen-bond donors (Lipinski definition) is 2. The second-order valence-corrected chi connectivity index (χ2v) is 9.48. The van der Waals surface area contributed by atoms with Crippen LogP contribution in [0, 0.1) is 0 Å². The molecule has 1 amide bonds. The second kappa shape index (κ2) is 10.9. The van der Waals surface area contributed by atoms with E-state index in [4.69, 9.17) is 32.7 Å². The summed E-state index contributed by atoms with van der Waals surface area (Å²) in [7, 11) is 0. The van der Waals surface area contributed by atoms with Gasteiger partial charge in [0.25, 0.3) is 0 Å². The summed E-state index contributed by atoms with van der Waals surface area (Å²) in [5.41, 5.74) is 1.31. The van der Waals surface area contributed by atoms with Gasteiger partial charge in [0.05, 0.1) is 0 Å². The molecule has 3 rings (SSSR count). The molecule has 0 unspecified atom stereocenters. The Balaban J connectivity index is 1.71. The van der Waals surface area contributed by atoms with Crippen molar-refractivity contribution in [1.82, 2.24) is 15.3 Å². The van der Waals surface area contributed by atoms with Crippen molar-refractivity contribution in [3.05, 3.63) is 74.3 Å². The predicted molar refractivity (Wildman–Crippen MR) is 130 cm³/mol. The number of amides is 1. The van der Waals surface area contributed by atoms with Crippen molar-refractivity contribution < 1.29 is 19.1 Å². The highest BCUT2D eigenvalue weighted by atomic mass is 35.5. The fourth-order valence-corrected chi connectivity index (χ4v) is 3.73. The van der Waals surface area contributed by atoms with Crippen LogP contribution >= 0.6 is 23.2 Å². The van der Waals surface area contributed by atoms with Crippen LogP contribution in [0.25, 0.3) is 10.9 Å². The highest BCUT2D eigenvalue weighted by Gasteiger charge is 2.25. The lowest BCUT2D eigenvalue weighted by atomic mass is 10.0. The third kappa shape index (κ3) is 7.74. The number of pyridine rings is 2. The van der Waals surface area contributed by atoms with E-state index in [9.17, 15) is 14.4 Å². The minimum Gasteiger partial charge on any atom is -0.459 e. The number of fused-ring (bicyclic) bond motifs is 1. The lowest BCUT2D eigenvalue weighted by Crippen LogP contribution is -2.44. The highest BCUT2D eigenvalue weighted by Crippen LogP contribution is 2.17. The molecule has 0 aliphatic carbocycles. The monoisotopic (exact) mass is 505 g/mol. The molecule has 0 saturated carbocycles. The van der Waals surface area contributed by atoms with Gasteiger partial charge < -0.3 is 19.8 Å². The average Bonchev–Trinajstić information content (AvgIpc) is 2.73. The zero-order chi connectivity index (χ0) is 24.9. The molecule has 0 spiro atoms. The van der Waals surface area contributed by atoms with Gasteiger partial charge in [-0.15, -0.1) is 0 Å². The molecule has 180 valence electrons. The average molecular weight is 506 g/mol. The first-order valence-corrected chi connectivity index (χ1v) is 11.3. The molecule has 8 nitrogen and oxygen atoms in total. The molecule has 1 atom stereocenters. The van der Waals surface area contributed by atoms with Crippen molar-refractivity contribution in [3.8, 4) is 0 Å². The molecule has 1 aromatic carbocycles. The smallest absolute Gasteiger partial charge is 0.408 e. The van der Waals surface area contributed by atoms with Crippen molar-refractivity contribution in [2.24, 2.45) is 0 Å². The number of nitrogens with one attached hydrogen (secondary N) is 2. The van der Waals surface area contributed by atoms with Crippen LogP contribution in [-0.2, 0) is 27.3 Å². The molecule has 0 bridgehead atoms. The molecular weight excluding hydrogens is 481 g/mol. The number of alkyl carbamates (subject to hydrolysis) is 1. The minimum atomic E-state index is -0.950. The molecule has 0 saturated heterocycles. The molecule has 0 aliphatic rings. The van der Waals surface area contributed by atoms with Crippen LogP contribution in [0.15, 0.2) is 47.3 Å². The normalized spacial score (nSPS) is 12.3. The fourth-order valence-electron chi connectivity index (χ4n) is 3.22. The number of esters is 1. The SMILES string of the molecule is CC(C)(C)OC(=O)N[C@@H](CCc1ccc2[nH]c(=O)ccc2c1)C(=O)OCc1cc(Cl)nc(Cl)c1. The topological polar surface area (TPSA) is 110 Å². The maximum Gasteiger partial charge on any atom is 0.408 e. The van der Waals surface area contributed by atoms with Crippen LogP contribution in [0.5, 0.6) is 0 Å². The van der Waals surface area contributed by atoms with Crippen molar-refractivity contribution in [3.63, 3.8) is 0 Å². The summed E-state index contributed by atoms with van der Waals surface area (Å²) in [6, 6.07) is 10.9. The van der Waals surface area contributed by atoms with Gasteiger partial charge in [0, 0.05) is 11.6 Å². The van der Waals surface area contributed by atoms with Crippen LogP contribution in [0.3, 0.4) is 0 Å². The quantitative estimate of drug-likeness (QED) is 0.352. The predicted octanol–water partition coefficient (Wildman–Crippen LogP) is 4.80. The Morgan fingerprint density at radius 3 is 2.44 bits per heavy atom. The number of aromatic nitrogens is 2. The van der Waals surface area contributed by atoms with E-state index in [-0.39, 0.29) is 28.9 Å². The third-order valence-electron chi connectivity index (χ3n) is 4.69. The molecule has 0 radical (unpaired) electrons. The van der Waals surface area contributed by atoms with Gasteiger partial charge in [0.1, 0.15) is 28.6 Å². The fraction of sp³-hybridized carbons (Fsp3) is 0.333. The van der Waals surface area contributed by atoms with Gasteiger partial charge >= 0.3 is 12.1 Å². The van der Waals surface area contributed by atoms with Crippen LogP contribution < -0.4 is 10.9 Å². The number of ether oxygens (including phenoxy) is 2. The zero-order valence-corrected chi connectivity index (χ0v) is 20.5. The number of benzene rings is 1. The highest BCUT2D eigenvalue weighted by molar-refractivity contribution is 6.32. The van der Waals surface area contributed by atoms with Crippen molar-refractivity contribution in [1.29, 1.82) is 0 Å². The number of carbonyl (C=O) groups excluding carboxylic acids is 2. The summed E-state index contributed by atoms with van der Waals surface area (Å²) in [5.74, 6) is -0.625. The Bertz CT molecular complexity index is 1230. The maximum atomic E-state index is 12.8. The Labute approximate surface area is 206 Å². The molecule has 2 N–H and O–H groups in total. The summed E-state index contributed by atoms with van der Waals surface area (Å²) >= 11 is 11.8. The molecule has 2 aromatic heterocycles. The second-order valence-electron chi connectivity index (χ2n) is 8.71. The Hall–Kier alpha value is -3.10. The van der Waals surface area contributed by atoms with E-state index in [0.29, 0.717) is 17.5 Å². The van der Waals surface area contributed by atoms with E-state index in [1.165, 1.54) is 18.2 Å². The van der Waals surface area contributed by atoms with Crippen molar-refractivity contribution in [2.45, 2.75) is 51.9 Å². The number of rotatable bonds is 7. The molecule has 3 aromatic rings. The van der Waals surface area contributed by atoms with E-state index < -0.39 is 23.7 Å². The molecule has 0 aliphatic heterocycles. The Morgan fingerprint density at radius 2 is 1.76 bits per heavy atom. The van der Waals surface area contributed by atoms with Gasteiger partial charge in [0.2, 0.25) is 5.56 Å². The van der Waals surface area contributed by atoms with E-state index in [1.54, 1.807) is 32.9 Å². The van der Waals surface area contributed by atoms with Crippen LogP contribution in [0.2, 0.25) is 10.3 Å². The summed E-state index contributed by atoms with van der Waals surface area (Å²) < 4.78 is 10.7.